The number of amides is 1. The van der Waals surface area contributed by atoms with Crippen LogP contribution in [0.4, 0.5) is 0 Å². The van der Waals surface area contributed by atoms with E-state index in [1.807, 2.05) is 0 Å². The van der Waals surface area contributed by atoms with Crippen LogP contribution in [-0.4, -0.2) is 24.2 Å². The number of hydrogen-bond donors (Lipinski definition) is 3. The lowest BCUT2D eigenvalue weighted by atomic mass is 9.78. The smallest absolute Gasteiger partial charge is 0.269 e. The maximum Gasteiger partial charge on any atom is 0.269 e. The molecule has 0 radical (unpaired) electrons. The topological polar surface area (TPSA) is 62.4 Å². The molecular weight excluding hydrogens is 381 g/mol. The number of carbonyl (C=O) groups is 1. The van der Waals surface area contributed by atoms with Crippen molar-refractivity contribution in [3.63, 3.8) is 0 Å². The SMILES string of the molecule is COc1c(Cl)cc(C(=O)NNC(=S)N[C@H]2CCC[C@@H](C)[C@H]2C)cc1Cl. The molecule has 3 atom stereocenters. The Bertz CT molecular complexity index is 634. The highest BCUT2D eigenvalue weighted by atomic mass is 35.5. The summed E-state index contributed by atoms with van der Waals surface area (Å²) in [6.45, 7) is 4.48. The molecule has 5 nitrogen and oxygen atoms in total. The Hall–Kier alpha value is -1.24. The highest BCUT2D eigenvalue weighted by molar-refractivity contribution is 7.80. The lowest BCUT2D eigenvalue weighted by Crippen LogP contribution is -2.52. The molecule has 1 saturated carbocycles. The van der Waals surface area contributed by atoms with Crippen molar-refractivity contribution < 1.29 is 9.53 Å². The van der Waals surface area contributed by atoms with Crippen molar-refractivity contribution in [3.05, 3.63) is 27.7 Å². The number of nitrogens with one attached hydrogen (secondary N) is 3. The molecule has 1 amide bonds. The predicted octanol–water partition coefficient (Wildman–Crippen LogP) is 3.94. The summed E-state index contributed by atoms with van der Waals surface area (Å²) in [5.41, 5.74) is 5.60. The van der Waals surface area contributed by atoms with Crippen LogP contribution in [0.2, 0.25) is 10.0 Å². The molecule has 0 aromatic heterocycles. The van der Waals surface area contributed by atoms with Gasteiger partial charge < -0.3 is 10.1 Å². The number of halogens is 2. The van der Waals surface area contributed by atoms with Crippen LogP contribution in [0.5, 0.6) is 5.75 Å². The van der Waals surface area contributed by atoms with Gasteiger partial charge in [-0.15, -0.1) is 0 Å². The molecule has 0 spiro atoms. The standard InChI is InChI=1S/C17H23Cl2N3O2S/c1-9-5-4-6-14(10(9)2)20-17(25)22-21-16(23)11-7-12(18)15(24-3)13(19)8-11/h7-10,14H,4-6H2,1-3H3,(H,21,23)(H2,20,22,25)/t9-,10-,14+/m1/s1. The monoisotopic (exact) mass is 403 g/mol. The average Bonchev–Trinajstić information content (AvgIpc) is 2.56. The summed E-state index contributed by atoms with van der Waals surface area (Å²) < 4.78 is 5.07. The molecule has 138 valence electrons. The third-order valence-electron chi connectivity index (χ3n) is 4.78. The van der Waals surface area contributed by atoms with E-state index in [-0.39, 0.29) is 16.0 Å². The molecule has 1 aromatic carbocycles. The quantitative estimate of drug-likeness (QED) is 0.526. The zero-order chi connectivity index (χ0) is 18.6. The Kier molecular flexibility index (Phi) is 7.16. The second-order valence-corrected chi connectivity index (χ2v) is 7.62. The van der Waals surface area contributed by atoms with Gasteiger partial charge >= 0.3 is 0 Å². The van der Waals surface area contributed by atoms with Crippen molar-refractivity contribution in [1.82, 2.24) is 16.2 Å². The normalized spacial score (nSPS) is 22.8. The van der Waals surface area contributed by atoms with Gasteiger partial charge in [0.1, 0.15) is 0 Å². The molecule has 1 aliphatic carbocycles. The maximum absolute atomic E-state index is 12.2. The number of rotatable bonds is 3. The highest BCUT2D eigenvalue weighted by Gasteiger charge is 2.27. The van der Waals surface area contributed by atoms with Crippen LogP contribution in [0.3, 0.4) is 0 Å². The molecule has 25 heavy (non-hydrogen) atoms. The summed E-state index contributed by atoms with van der Waals surface area (Å²) in [5.74, 6) is 1.14. The third kappa shape index (κ3) is 5.12. The first-order valence-corrected chi connectivity index (χ1v) is 9.39. The number of hydrogen-bond acceptors (Lipinski definition) is 3. The van der Waals surface area contributed by atoms with Crippen molar-refractivity contribution in [2.45, 2.75) is 39.2 Å². The van der Waals surface area contributed by atoms with Gasteiger partial charge in [-0.1, -0.05) is 49.9 Å². The largest absolute Gasteiger partial charge is 0.494 e. The van der Waals surface area contributed by atoms with Gasteiger partial charge in [0.2, 0.25) is 0 Å². The first-order valence-electron chi connectivity index (χ1n) is 8.23. The highest BCUT2D eigenvalue weighted by Crippen LogP contribution is 2.33. The molecule has 1 aliphatic rings. The minimum absolute atomic E-state index is 0.269. The molecule has 3 N–H and O–H groups in total. The Morgan fingerprint density at radius 1 is 1.20 bits per heavy atom. The average molecular weight is 404 g/mol. The van der Waals surface area contributed by atoms with E-state index >= 15 is 0 Å². The van der Waals surface area contributed by atoms with Gasteiger partial charge in [-0.05, 0) is 42.6 Å². The van der Waals surface area contributed by atoms with E-state index in [2.05, 4.69) is 30.0 Å². The summed E-state index contributed by atoms with van der Waals surface area (Å²) in [5, 5.41) is 4.21. The summed E-state index contributed by atoms with van der Waals surface area (Å²) >= 11 is 17.4. The van der Waals surface area contributed by atoms with Crippen LogP contribution < -0.4 is 20.9 Å². The molecule has 0 heterocycles. The summed E-state index contributed by atoms with van der Waals surface area (Å²) in [6.07, 6.45) is 3.50. The fourth-order valence-electron chi connectivity index (χ4n) is 3.06. The fourth-order valence-corrected chi connectivity index (χ4v) is 3.91. The second-order valence-electron chi connectivity index (χ2n) is 6.40. The Morgan fingerprint density at radius 2 is 1.84 bits per heavy atom. The zero-order valence-corrected chi connectivity index (χ0v) is 16.8. The van der Waals surface area contributed by atoms with Crippen molar-refractivity contribution in [2.75, 3.05) is 7.11 Å². The van der Waals surface area contributed by atoms with E-state index in [1.54, 1.807) is 0 Å². The van der Waals surface area contributed by atoms with E-state index < -0.39 is 0 Å². The van der Waals surface area contributed by atoms with Crippen molar-refractivity contribution in [3.8, 4) is 5.75 Å². The molecule has 1 aromatic rings. The first-order chi connectivity index (χ1) is 11.8. The molecule has 0 unspecified atom stereocenters. The lowest BCUT2D eigenvalue weighted by Gasteiger charge is -2.35. The van der Waals surface area contributed by atoms with Gasteiger partial charge in [-0.3, -0.25) is 15.6 Å². The Balaban J connectivity index is 1.90. The van der Waals surface area contributed by atoms with Gasteiger partial charge in [-0.2, -0.15) is 0 Å². The molecule has 0 bridgehead atoms. The first kappa shape index (κ1) is 20.1. The predicted molar refractivity (Wildman–Crippen MR) is 105 cm³/mol. The molecule has 0 aliphatic heterocycles. The van der Waals surface area contributed by atoms with E-state index in [9.17, 15) is 4.79 Å². The van der Waals surface area contributed by atoms with E-state index in [4.69, 9.17) is 40.2 Å². The number of thiocarbonyl (C=S) groups is 1. The van der Waals surface area contributed by atoms with Crippen LogP contribution >= 0.6 is 35.4 Å². The second kappa shape index (κ2) is 8.92. The fraction of sp³-hybridized carbons (Fsp3) is 0.529. The molecule has 1 fully saturated rings. The molecule has 2 rings (SSSR count). The van der Waals surface area contributed by atoms with E-state index in [0.29, 0.717) is 34.3 Å². The summed E-state index contributed by atoms with van der Waals surface area (Å²) in [6, 6.07) is 3.29. The molecular formula is C17H23Cl2N3O2S. The number of hydrazine groups is 1. The minimum atomic E-state index is -0.388. The van der Waals surface area contributed by atoms with Gasteiger partial charge in [0.05, 0.1) is 17.2 Å². The van der Waals surface area contributed by atoms with Crippen LogP contribution in [-0.2, 0) is 0 Å². The number of benzene rings is 1. The van der Waals surface area contributed by atoms with Gasteiger partial charge in [0.15, 0.2) is 10.9 Å². The van der Waals surface area contributed by atoms with Crippen LogP contribution in [0, 0.1) is 11.8 Å². The summed E-state index contributed by atoms with van der Waals surface area (Å²) in [4.78, 5) is 12.2. The van der Waals surface area contributed by atoms with E-state index in [0.717, 1.165) is 6.42 Å². The van der Waals surface area contributed by atoms with E-state index in [1.165, 1.54) is 32.1 Å². The molecule has 0 saturated heterocycles. The number of methoxy groups -OCH3 is 1. The third-order valence-corrected chi connectivity index (χ3v) is 5.56. The Labute approximate surface area is 163 Å². The molecule has 8 heteroatoms. The van der Waals surface area contributed by atoms with Crippen LogP contribution in [0.15, 0.2) is 12.1 Å². The maximum atomic E-state index is 12.2. The van der Waals surface area contributed by atoms with Gasteiger partial charge in [0, 0.05) is 11.6 Å². The minimum Gasteiger partial charge on any atom is -0.494 e. The van der Waals surface area contributed by atoms with Gasteiger partial charge in [-0.25, -0.2) is 0 Å². The summed E-state index contributed by atoms with van der Waals surface area (Å²) in [7, 11) is 1.46. The van der Waals surface area contributed by atoms with Crippen molar-refractivity contribution >= 4 is 46.4 Å². The lowest BCUT2D eigenvalue weighted by molar-refractivity contribution is 0.0943. The van der Waals surface area contributed by atoms with Crippen LogP contribution in [0.1, 0.15) is 43.5 Å². The van der Waals surface area contributed by atoms with Gasteiger partial charge in [0.25, 0.3) is 5.91 Å². The zero-order valence-electron chi connectivity index (χ0n) is 14.5. The van der Waals surface area contributed by atoms with Crippen molar-refractivity contribution in [1.29, 1.82) is 0 Å². The van der Waals surface area contributed by atoms with Crippen LogP contribution in [0.25, 0.3) is 0 Å². The number of ether oxygens (including phenoxy) is 1. The number of carbonyl (C=O) groups excluding carboxylic acids is 1. The Morgan fingerprint density at radius 3 is 2.44 bits per heavy atom. The van der Waals surface area contributed by atoms with Crippen molar-refractivity contribution in [2.24, 2.45) is 11.8 Å².